The minimum atomic E-state index is -4.59. The summed E-state index contributed by atoms with van der Waals surface area (Å²) in [4.78, 5) is 12.3. The van der Waals surface area contributed by atoms with Gasteiger partial charge in [0.25, 0.3) is 5.91 Å². The van der Waals surface area contributed by atoms with Gasteiger partial charge in [0.15, 0.2) is 0 Å². The molecule has 0 aromatic heterocycles. The minimum absolute atomic E-state index is 0.278. The highest BCUT2D eigenvalue weighted by Gasteiger charge is 2.35. The lowest BCUT2D eigenvalue weighted by Gasteiger charge is -2.13. The van der Waals surface area contributed by atoms with Crippen molar-refractivity contribution in [3.05, 3.63) is 71.7 Å². The van der Waals surface area contributed by atoms with Crippen molar-refractivity contribution in [2.75, 3.05) is 5.32 Å². The van der Waals surface area contributed by atoms with Gasteiger partial charge in [0.05, 0.1) is 17.7 Å². The third kappa shape index (κ3) is 3.07. The van der Waals surface area contributed by atoms with Gasteiger partial charge >= 0.3 is 13.1 Å². The van der Waals surface area contributed by atoms with E-state index < -0.39 is 23.2 Å². The molecule has 0 spiro atoms. The predicted molar refractivity (Wildman–Crippen MR) is 86.2 cm³/mol. The maximum Gasteiger partial charge on any atom is 0.417 e. The highest BCUT2D eigenvalue weighted by molar-refractivity contribution is 6.73. The van der Waals surface area contributed by atoms with Crippen LogP contribution in [0.15, 0.2) is 55.0 Å². The lowest BCUT2D eigenvalue weighted by Crippen LogP contribution is -2.27. The summed E-state index contributed by atoms with van der Waals surface area (Å²) in [6.45, 7) is 3.84. The van der Waals surface area contributed by atoms with Crippen molar-refractivity contribution >= 4 is 24.0 Å². The fourth-order valence-electron chi connectivity index (χ4n) is 2.66. The second kappa shape index (κ2) is 6.16. The minimum Gasteiger partial charge on any atom is -0.423 e. The van der Waals surface area contributed by atoms with Crippen LogP contribution in [-0.4, -0.2) is 12.8 Å². The van der Waals surface area contributed by atoms with Crippen LogP contribution in [0.2, 0.25) is 0 Å². The van der Waals surface area contributed by atoms with E-state index in [-0.39, 0.29) is 6.92 Å². The fraction of sp³-hybridized carbons (Fsp3) is 0.118. The zero-order valence-corrected chi connectivity index (χ0v) is 12.6. The summed E-state index contributed by atoms with van der Waals surface area (Å²) in [5.41, 5.74) is 0.853. The first-order valence-corrected chi connectivity index (χ1v) is 7.24. The second-order valence-corrected chi connectivity index (χ2v) is 5.38. The van der Waals surface area contributed by atoms with Crippen LogP contribution in [0.25, 0.3) is 0 Å². The van der Waals surface area contributed by atoms with Crippen molar-refractivity contribution in [1.82, 2.24) is 0 Å². The van der Waals surface area contributed by atoms with Gasteiger partial charge in [0, 0.05) is 5.69 Å². The maximum atomic E-state index is 13.0. The Balaban J connectivity index is 1.88. The van der Waals surface area contributed by atoms with Crippen molar-refractivity contribution < 1.29 is 22.6 Å². The molecular weight excluding hydrogens is 318 g/mol. The summed E-state index contributed by atoms with van der Waals surface area (Å²) < 4.78 is 44.6. The van der Waals surface area contributed by atoms with Gasteiger partial charge in [0.2, 0.25) is 0 Å². The molecule has 2 aromatic carbocycles. The Hall–Kier alpha value is -2.54. The van der Waals surface area contributed by atoms with E-state index in [1.54, 1.807) is 24.2 Å². The first-order valence-electron chi connectivity index (χ1n) is 7.24. The monoisotopic (exact) mass is 331 g/mol. The quantitative estimate of drug-likeness (QED) is 0.876. The number of halogens is 3. The van der Waals surface area contributed by atoms with E-state index in [4.69, 9.17) is 4.65 Å². The van der Waals surface area contributed by atoms with Crippen LogP contribution in [0.5, 0.6) is 0 Å². The highest BCUT2D eigenvalue weighted by Crippen LogP contribution is 2.32. The molecule has 2 aromatic rings. The van der Waals surface area contributed by atoms with E-state index in [0.717, 1.165) is 23.2 Å². The highest BCUT2D eigenvalue weighted by atomic mass is 19.4. The fourth-order valence-corrected chi connectivity index (χ4v) is 2.66. The van der Waals surface area contributed by atoms with E-state index in [1.807, 2.05) is 0 Å². The van der Waals surface area contributed by atoms with Crippen molar-refractivity contribution in [3.63, 3.8) is 0 Å². The second-order valence-electron chi connectivity index (χ2n) is 5.38. The van der Waals surface area contributed by atoms with Crippen LogP contribution in [0.3, 0.4) is 0 Å². The number of carbonyl (C=O) groups excluding carboxylic acids is 1. The lowest BCUT2D eigenvalue weighted by atomic mass is 9.62. The topological polar surface area (TPSA) is 38.3 Å². The van der Waals surface area contributed by atoms with Gasteiger partial charge in [-0.3, -0.25) is 4.79 Å². The van der Waals surface area contributed by atoms with Gasteiger partial charge in [-0.05, 0) is 35.3 Å². The molecule has 0 saturated heterocycles. The number of hydrogen-bond donors (Lipinski definition) is 1. The molecule has 0 aliphatic carbocycles. The number of amides is 1. The van der Waals surface area contributed by atoms with E-state index in [9.17, 15) is 18.0 Å². The standard InChI is InChI=1S/C17H13BF3NO2/c1-2-18-15-9-12(8-7-11(15)10-24-18)22-16(23)13-5-3-4-6-14(13)17(19,20)21/h2-9H,1,10H2,(H,22,23). The van der Waals surface area contributed by atoms with E-state index in [0.29, 0.717) is 12.3 Å². The molecule has 0 radical (unpaired) electrons. The summed E-state index contributed by atoms with van der Waals surface area (Å²) >= 11 is 0. The molecule has 3 nitrogen and oxygen atoms in total. The third-order valence-corrected chi connectivity index (χ3v) is 3.82. The van der Waals surface area contributed by atoms with Crippen LogP contribution in [0, 0.1) is 0 Å². The molecule has 0 bridgehead atoms. The summed E-state index contributed by atoms with van der Waals surface area (Å²) in [5, 5.41) is 2.52. The average Bonchev–Trinajstić information content (AvgIpc) is 2.96. The number of fused-ring (bicyclic) bond motifs is 1. The molecule has 0 saturated carbocycles. The number of alkyl halides is 3. The van der Waals surface area contributed by atoms with Crippen LogP contribution in [0.1, 0.15) is 21.5 Å². The van der Waals surface area contributed by atoms with Gasteiger partial charge in [0.1, 0.15) is 0 Å². The van der Waals surface area contributed by atoms with Crippen LogP contribution < -0.4 is 10.8 Å². The molecule has 24 heavy (non-hydrogen) atoms. The normalized spacial score (nSPS) is 13.5. The molecule has 1 aliphatic heterocycles. The summed E-state index contributed by atoms with van der Waals surface area (Å²) in [5.74, 6) is 0.827. The molecule has 1 N–H and O–H groups in total. The predicted octanol–water partition coefficient (Wildman–Crippen LogP) is 3.41. The van der Waals surface area contributed by atoms with Crippen molar-refractivity contribution in [2.24, 2.45) is 0 Å². The molecule has 1 amide bonds. The van der Waals surface area contributed by atoms with Gasteiger partial charge in [-0.1, -0.05) is 24.2 Å². The number of benzene rings is 2. The molecule has 1 aliphatic rings. The van der Waals surface area contributed by atoms with Crippen molar-refractivity contribution in [1.29, 1.82) is 0 Å². The lowest BCUT2D eigenvalue weighted by molar-refractivity contribution is -0.137. The molecule has 122 valence electrons. The zero-order chi connectivity index (χ0) is 17.3. The van der Waals surface area contributed by atoms with Gasteiger partial charge < -0.3 is 9.97 Å². The van der Waals surface area contributed by atoms with Gasteiger partial charge in [-0.25, -0.2) is 0 Å². The largest absolute Gasteiger partial charge is 0.423 e. The Labute approximate surface area is 137 Å². The van der Waals surface area contributed by atoms with Crippen LogP contribution in [0.4, 0.5) is 18.9 Å². The van der Waals surface area contributed by atoms with Crippen molar-refractivity contribution in [2.45, 2.75) is 12.8 Å². The summed E-state index contributed by atoms with van der Waals surface area (Å²) in [6.07, 6.45) is -4.59. The number of rotatable bonds is 3. The van der Waals surface area contributed by atoms with Gasteiger partial charge in [-0.15, -0.1) is 6.58 Å². The Bertz CT molecular complexity index is 805. The zero-order valence-electron chi connectivity index (χ0n) is 12.6. The molecule has 1 heterocycles. The molecule has 0 unspecified atom stereocenters. The average molecular weight is 331 g/mol. The number of nitrogens with one attached hydrogen (secondary N) is 1. The number of anilines is 1. The van der Waals surface area contributed by atoms with E-state index in [1.165, 1.54) is 12.1 Å². The number of carbonyl (C=O) groups is 1. The Morgan fingerprint density at radius 1 is 1.25 bits per heavy atom. The summed E-state index contributed by atoms with van der Waals surface area (Å²) in [7, 11) is 0. The van der Waals surface area contributed by atoms with E-state index in [2.05, 4.69) is 11.9 Å². The maximum absolute atomic E-state index is 13.0. The first-order chi connectivity index (χ1) is 11.4. The Kier molecular flexibility index (Phi) is 4.19. The smallest absolute Gasteiger partial charge is 0.417 e. The molecular formula is C17H13BF3NO2. The Morgan fingerprint density at radius 2 is 2.00 bits per heavy atom. The number of hydrogen-bond acceptors (Lipinski definition) is 2. The van der Waals surface area contributed by atoms with Crippen molar-refractivity contribution in [3.8, 4) is 0 Å². The van der Waals surface area contributed by atoms with Crippen LogP contribution in [-0.2, 0) is 17.4 Å². The first kappa shape index (κ1) is 16.3. The molecule has 0 atom stereocenters. The summed E-state index contributed by atoms with van der Waals surface area (Å²) in [6, 6.07) is 9.81. The van der Waals surface area contributed by atoms with E-state index >= 15 is 0 Å². The third-order valence-electron chi connectivity index (χ3n) is 3.82. The SMILES string of the molecule is C=CB1OCc2ccc(NC(=O)c3ccccc3C(F)(F)F)cc21. The molecule has 0 fully saturated rings. The molecule has 7 heteroatoms. The Morgan fingerprint density at radius 3 is 2.71 bits per heavy atom. The molecule has 3 rings (SSSR count). The van der Waals surface area contributed by atoms with Gasteiger partial charge in [-0.2, -0.15) is 13.2 Å². The van der Waals surface area contributed by atoms with Crippen LogP contribution >= 0.6 is 0 Å².